The molecule has 2 aromatic carbocycles. The number of halogens is 1. The monoisotopic (exact) mass is 344 g/mol. The molecule has 2 aromatic rings. The Bertz CT molecular complexity index is 669. The maximum atomic E-state index is 12.1. The highest BCUT2D eigenvalue weighted by atomic mass is 79.9. The molecule has 0 bridgehead atoms. The zero-order chi connectivity index (χ0) is 14.9. The van der Waals surface area contributed by atoms with Crippen molar-refractivity contribution in [3.63, 3.8) is 0 Å². The molecule has 0 aromatic heterocycles. The Morgan fingerprint density at radius 3 is 2.43 bits per heavy atom. The van der Waals surface area contributed by atoms with Gasteiger partial charge in [0.05, 0.1) is 0 Å². The number of nitrogens with one attached hydrogen (secondary N) is 1. The number of nitrogens with two attached hydrogens (primary N) is 1. The van der Waals surface area contributed by atoms with Crippen LogP contribution < -0.4 is 11.1 Å². The van der Waals surface area contributed by atoms with Crippen molar-refractivity contribution in [1.29, 1.82) is 0 Å². The maximum absolute atomic E-state index is 12.1. The van der Waals surface area contributed by atoms with Crippen LogP contribution in [0.2, 0.25) is 0 Å². The fourth-order valence-electron chi connectivity index (χ4n) is 2.92. The van der Waals surface area contributed by atoms with Gasteiger partial charge in [-0.2, -0.15) is 0 Å². The summed E-state index contributed by atoms with van der Waals surface area (Å²) >= 11 is 3.41. The Balaban J connectivity index is 1.91. The second kappa shape index (κ2) is 5.53. The van der Waals surface area contributed by atoms with E-state index < -0.39 is 5.54 Å². The molecule has 0 saturated heterocycles. The molecule has 1 aliphatic carbocycles. The van der Waals surface area contributed by atoms with Crippen LogP contribution in [0.25, 0.3) is 0 Å². The van der Waals surface area contributed by atoms with Crippen LogP contribution in [-0.2, 0) is 17.6 Å². The van der Waals surface area contributed by atoms with E-state index in [-0.39, 0.29) is 5.91 Å². The lowest BCUT2D eigenvalue weighted by Crippen LogP contribution is -2.54. The molecule has 3 nitrogen and oxygen atoms in total. The van der Waals surface area contributed by atoms with Gasteiger partial charge in [-0.15, -0.1) is 0 Å². The summed E-state index contributed by atoms with van der Waals surface area (Å²) in [5.74, 6) is -0.292. The molecule has 0 fully saturated rings. The van der Waals surface area contributed by atoms with Crippen molar-refractivity contribution in [2.24, 2.45) is 5.73 Å². The molecule has 0 saturated carbocycles. The third-order valence-electron chi connectivity index (χ3n) is 4.13. The largest absolute Gasteiger partial charge is 0.371 e. The van der Waals surface area contributed by atoms with Gasteiger partial charge in [-0.05, 0) is 48.2 Å². The van der Waals surface area contributed by atoms with Crippen molar-refractivity contribution < 1.29 is 4.79 Å². The SMILES string of the molecule is NC(=O)C1(Nc2ccc(Br)cc2)CCc2ccccc2C1. The molecule has 3 rings (SSSR count). The van der Waals surface area contributed by atoms with E-state index in [0.717, 1.165) is 23.0 Å². The van der Waals surface area contributed by atoms with Crippen LogP contribution >= 0.6 is 15.9 Å². The van der Waals surface area contributed by atoms with E-state index in [1.807, 2.05) is 36.4 Å². The lowest BCUT2D eigenvalue weighted by atomic mass is 9.77. The van der Waals surface area contributed by atoms with Gasteiger partial charge in [0.25, 0.3) is 0 Å². The number of carbonyl (C=O) groups is 1. The van der Waals surface area contributed by atoms with Gasteiger partial charge in [-0.3, -0.25) is 4.79 Å². The number of carbonyl (C=O) groups excluding carboxylic acids is 1. The number of hydrogen-bond donors (Lipinski definition) is 2. The van der Waals surface area contributed by atoms with E-state index in [4.69, 9.17) is 5.73 Å². The lowest BCUT2D eigenvalue weighted by Gasteiger charge is -2.37. The van der Waals surface area contributed by atoms with Crippen LogP contribution in [0.5, 0.6) is 0 Å². The summed E-state index contributed by atoms with van der Waals surface area (Å²) in [4.78, 5) is 12.1. The van der Waals surface area contributed by atoms with Gasteiger partial charge in [0, 0.05) is 16.6 Å². The summed E-state index contributed by atoms with van der Waals surface area (Å²) in [5, 5.41) is 3.37. The molecule has 21 heavy (non-hydrogen) atoms. The van der Waals surface area contributed by atoms with Crippen LogP contribution in [0.15, 0.2) is 53.0 Å². The first kappa shape index (κ1) is 14.1. The summed E-state index contributed by atoms with van der Waals surface area (Å²) < 4.78 is 1.01. The van der Waals surface area contributed by atoms with E-state index in [2.05, 4.69) is 33.4 Å². The second-order valence-electron chi connectivity index (χ2n) is 5.52. The number of benzene rings is 2. The first-order chi connectivity index (χ1) is 10.1. The molecular weight excluding hydrogens is 328 g/mol. The van der Waals surface area contributed by atoms with E-state index in [1.54, 1.807) is 0 Å². The first-order valence-corrected chi connectivity index (χ1v) is 7.79. The van der Waals surface area contributed by atoms with Crippen molar-refractivity contribution in [3.8, 4) is 0 Å². The van der Waals surface area contributed by atoms with Crippen LogP contribution in [0.4, 0.5) is 5.69 Å². The molecular formula is C17H17BrN2O. The molecule has 108 valence electrons. The number of rotatable bonds is 3. The highest BCUT2D eigenvalue weighted by Crippen LogP contribution is 2.32. The van der Waals surface area contributed by atoms with Crippen molar-refractivity contribution >= 4 is 27.5 Å². The normalized spacial score (nSPS) is 20.6. The van der Waals surface area contributed by atoms with E-state index in [1.165, 1.54) is 11.1 Å². The number of primary amides is 1. The van der Waals surface area contributed by atoms with Gasteiger partial charge in [-0.1, -0.05) is 40.2 Å². The molecule has 1 unspecified atom stereocenters. The standard InChI is InChI=1S/C17H17BrN2O/c18-14-5-7-15(8-6-14)20-17(16(19)21)10-9-12-3-1-2-4-13(12)11-17/h1-8,20H,9-11H2,(H2,19,21). The van der Waals surface area contributed by atoms with E-state index in [9.17, 15) is 4.79 Å². The second-order valence-corrected chi connectivity index (χ2v) is 6.44. The Morgan fingerprint density at radius 1 is 1.10 bits per heavy atom. The number of hydrogen-bond acceptors (Lipinski definition) is 2. The minimum absolute atomic E-state index is 0.292. The zero-order valence-corrected chi connectivity index (χ0v) is 13.2. The quantitative estimate of drug-likeness (QED) is 0.897. The number of aryl methyl sites for hydroxylation is 1. The Morgan fingerprint density at radius 2 is 1.76 bits per heavy atom. The molecule has 0 aliphatic heterocycles. The van der Waals surface area contributed by atoms with Crippen LogP contribution in [-0.4, -0.2) is 11.4 Å². The predicted molar refractivity (Wildman–Crippen MR) is 88.2 cm³/mol. The minimum Gasteiger partial charge on any atom is -0.371 e. The van der Waals surface area contributed by atoms with Crippen molar-refractivity contribution in [2.45, 2.75) is 24.8 Å². The first-order valence-electron chi connectivity index (χ1n) is 6.99. The highest BCUT2D eigenvalue weighted by Gasteiger charge is 2.39. The van der Waals surface area contributed by atoms with Crippen molar-refractivity contribution in [2.75, 3.05) is 5.32 Å². The van der Waals surface area contributed by atoms with Gasteiger partial charge in [0.15, 0.2) is 0 Å². The average Bonchev–Trinajstić information content (AvgIpc) is 2.49. The molecule has 3 N–H and O–H groups in total. The van der Waals surface area contributed by atoms with Crippen LogP contribution in [0, 0.1) is 0 Å². The third-order valence-corrected chi connectivity index (χ3v) is 4.66. The zero-order valence-electron chi connectivity index (χ0n) is 11.6. The topological polar surface area (TPSA) is 55.1 Å². The van der Waals surface area contributed by atoms with Gasteiger partial charge in [0.1, 0.15) is 5.54 Å². The molecule has 0 radical (unpaired) electrons. The van der Waals surface area contributed by atoms with E-state index >= 15 is 0 Å². The Kier molecular flexibility index (Phi) is 3.72. The predicted octanol–water partition coefficient (Wildman–Crippen LogP) is 3.27. The lowest BCUT2D eigenvalue weighted by molar-refractivity contribution is -0.122. The molecule has 0 heterocycles. The Hall–Kier alpha value is -1.81. The molecule has 1 aliphatic rings. The van der Waals surface area contributed by atoms with Crippen molar-refractivity contribution in [3.05, 3.63) is 64.1 Å². The van der Waals surface area contributed by atoms with Gasteiger partial charge in [0.2, 0.25) is 5.91 Å². The number of amides is 1. The maximum Gasteiger partial charge on any atom is 0.243 e. The highest BCUT2D eigenvalue weighted by molar-refractivity contribution is 9.10. The summed E-state index contributed by atoms with van der Waals surface area (Å²) in [7, 11) is 0. The third kappa shape index (κ3) is 2.81. The summed E-state index contributed by atoms with van der Waals surface area (Å²) in [5.41, 5.74) is 8.45. The van der Waals surface area contributed by atoms with Gasteiger partial charge < -0.3 is 11.1 Å². The number of fused-ring (bicyclic) bond motifs is 1. The molecule has 4 heteroatoms. The summed E-state index contributed by atoms with van der Waals surface area (Å²) in [6.07, 6.45) is 2.21. The summed E-state index contributed by atoms with van der Waals surface area (Å²) in [6, 6.07) is 16.1. The number of anilines is 1. The summed E-state index contributed by atoms with van der Waals surface area (Å²) in [6.45, 7) is 0. The van der Waals surface area contributed by atoms with Gasteiger partial charge in [-0.25, -0.2) is 0 Å². The van der Waals surface area contributed by atoms with E-state index in [0.29, 0.717) is 6.42 Å². The average molecular weight is 345 g/mol. The molecule has 1 atom stereocenters. The van der Waals surface area contributed by atoms with Crippen molar-refractivity contribution in [1.82, 2.24) is 0 Å². The molecule has 1 amide bonds. The van der Waals surface area contributed by atoms with Crippen LogP contribution in [0.3, 0.4) is 0 Å². The fourth-order valence-corrected chi connectivity index (χ4v) is 3.19. The minimum atomic E-state index is -0.706. The fraction of sp³-hybridized carbons (Fsp3) is 0.235. The van der Waals surface area contributed by atoms with Gasteiger partial charge >= 0.3 is 0 Å². The molecule has 0 spiro atoms. The smallest absolute Gasteiger partial charge is 0.243 e. The Labute approximate surface area is 132 Å². The van der Waals surface area contributed by atoms with Crippen LogP contribution in [0.1, 0.15) is 17.5 Å².